The third-order valence-corrected chi connectivity index (χ3v) is 7.24. The van der Waals surface area contributed by atoms with E-state index in [4.69, 9.17) is 9.84 Å². The fourth-order valence-corrected chi connectivity index (χ4v) is 5.59. The maximum absolute atomic E-state index is 13.8. The molecule has 0 amide bonds. The van der Waals surface area contributed by atoms with E-state index in [9.17, 15) is 9.59 Å². The van der Waals surface area contributed by atoms with Crippen molar-refractivity contribution in [2.24, 2.45) is 4.99 Å². The summed E-state index contributed by atoms with van der Waals surface area (Å²) < 4.78 is 9.37. The highest BCUT2D eigenvalue weighted by Crippen LogP contribution is 2.30. The number of thiazole rings is 1. The van der Waals surface area contributed by atoms with Crippen LogP contribution in [-0.2, 0) is 9.53 Å². The summed E-state index contributed by atoms with van der Waals surface area (Å²) in [4.78, 5) is 32.0. The molecule has 7 nitrogen and oxygen atoms in total. The zero-order valence-electron chi connectivity index (χ0n) is 20.6. The van der Waals surface area contributed by atoms with Crippen molar-refractivity contribution >= 4 is 23.4 Å². The van der Waals surface area contributed by atoms with Gasteiger partial charge in [0.05, 0.1) is 39.8 Å². The van der Waals surface area contributed by atoms with E-state index in [0.717, 1.165) is 28.2 Å². The topological polar surface area (TPSA) is 78.5 Å². The lowest BCUT2D eigenvalue weighted by Gasteiger charge is -2.24. The first-order chi connectivity index (χ1) is 17.4. The van der Waals surface area contributed by atoms with E-state index in [1.807, 2.05) is 85.3 Å². The Kier molecular flexibility index (Phi) is 6.28. The number of hydrogen-bond acceptors (Lipinski definition) is 6. The first-order valence-corrected chi connectivity index (χ1v) is 12.6. The van der Waals surface area contributed by atoms with Crippen molar-refractivity contribution < 1.29 is 9.53 Å². The number of carbonyl (C=O) groups excluding carboxylic acids is 1. The normalized spacial score (nSPS) is 15.6. The number of carbonyl (C=O) groups is 1. The van der Waals surface area contributed by atoms with Gasteiger partial charge in [0, 0.05) is 11.3 Å². The Labute approximate surface area is 212 Å². The molecule has 0 spiro atoms. The van der Waals surface area contributed by atoms with Crippen molar-refractivity contribution in [3.05, 3.63) is 114 Å². The van der Waals surface area contributed by atoms with Crippen molar-refractivity contribution in [3.63, 3.8) is 0 Å². The van der Waals surface area contributed by atoms with E-state index in [0.29, 0.717) is 20.6 Å². The zero-order chi connectivity index (χ0) is 25.4. The first-order valence-electron chi connectivity index (χ1n) is 11.8. The summed E-state index contributed by atoms with van der Waals surface area (Å²) in [5.41, 5.74) is 5.17. The van der Waals surface area contributed by atoms with E-state index in [2.05, 4.69) is 4.99 Å². The molecule has 0 saturated heterocycles. The summed E-state index contributed by atoms with van der Waals surface area (Å²) in [5.74, 6) is -0.460. The SMILES string of the molecule is CCOC(=O)C1=C(C)N=c2sc(=Cc3c(C)nn(-c4ccccc4)c3C)c(=O)n2[C@H]1c1ccccc1. The lowest BCUT2D eigenvalue weighted by atomic mass is 9.96. The molecule has 0 unspecified atom stereocenters. The van der Waals surface area contributed by atoms with Gasteiger partial charge < -0.3 is 4.74 Å². The molecule has 36 heavy (non-hydrogen) atoms. The van der Waals surface area contributed by atoms with Gasteiger partial charge in [-0.1, -0.05) is 59.9 Å². The number of aromatic nitrogens is 3. The number of benzene rings is 2. The molecular formula is C28H26N4O3S. The standard InChI is InChI=1S/C28H26N4O3S/c1-5-35-27(34)24-18(3)29-28-31(25(24)20-12-8-6-9-13-20)26(33)23(36-28)16-22-17(2)30-32(19(22)4)21-14-10-7-11-15-21/h6-16,25H,5H2,1-4H3/t25-/m0/s1. The molecule has 4 aromatic rings. The van der Waals surface area contributed by atoms with Gasteiger partial charge in [-0.2, -0.15) is 5.10 Å². The minimum atomic E-state index is -0.613. The number of aryl methyl sites for hydroxylation is 1. The number of para-hydroxylation sites is 1. The quantitative estimate of drug-likeness (QED) is 0.394. The average molecular weight is 499 g/mol. The third kappa shape index (κ3) is 4.03. The van der Waals surface area contributed by atoms with Crippen molar-refractivity contribution in [2.45, 2.75) is 33.7 Å². The minimum Gasteiger partial charge on any atom is -0.463 e. The molecule has 0 saturated carbocycles. The average Bonchev–Trinajstić information content (AvgIpc) is 3.34. The zero-order valence-corrected chi connectivity index (χ0v) is 21.4. The lowest BCUT2D eigenvalue weighted by Crippen LogP contribution is -2.39. The van der Waals surface area contributed by atoms with Crippen LogP contribution < -0.4 is 14.9 Å². The molecule has 1 aliphatic heterocycles. The van der Waals surface area contributed by atoms with Crippen LogP contribution in [0.3, 0.4) is 0 Å². The molecule has 3 heterocycles. The number of hydrogen-bond donors (Lipinski definition) is 0. The smallest absolute Gasteiger partial charge is 0.338 e. The second-order valence-corrected chi connectivity index (χ2v) is 9.55. The molecular weight excluding hydrogens is 472 g/mol. The summed E-state index contributed by atoms with van der Waals surface area (Å²) in [6.07, 6.45) is 1.88. The number of allylic oxidation sites excluding steroid dienone is 1. The van der Waals surface area contributed by atoms with Gasteiger partial charge in [-0.05, 0) is 51.5 Å². The number of rotatable bonds is 5. The fourth-order valence-electron chi connectivity index (χ4n) is 4.56. The molecule has 0 N–H and O–H groups in total. The summed E-state index contributed by atoms with van der Waals surface area (Å²) in [5, 5.41) is 4.71. The summed E-state index contributed by atoms with van der Waals surface area (Å²) in [6.45, 7) is 7.72. The van der Waals surface area contributed by atoms with Gasteiger partial charge >= 0.3 is 5.97 Å². The molecule has 0 fully saturated rings. The molecule has 5 rings (SSSR count). The number of esters is 1. The first kappa shape index (κ1) is 23.7. The van der Waals surface area contributed by atoms with Crippen LogP contribution >= 0.6 is 11.3 Å². The van der Waals surface area contributed by atoms with Crippen LogP contribution in [0.1, 0.15) is 42.4 Å². The van der Waals surface area contributed by atoms with E-state index in [-0.39, 0.29) is 12.2 Å². The van der Waals surface area contributed by atoms with Crippen molar-refractivity contribution in [1.82, 2.24) is 14.3 Å². The van der Waals surface area contributed by atoms with E-state index < -0.39 is 12.0 Å². The molecule has 1 atom stereocenters. The number of ether oxygens (including phenoxy) is 1. The van der Waals surface area contributed by atoms with Gasteiger partial charge in [0.2, 0.25) is 0 Å². The second kappa shape index (κ2) is 9.54. The van der Waals surface area contributed by atoms with Crippen LogP contribution in [0.25, 0.3) is 11.8 Å². The largest absolute Gasteiger partial charge is 0.463 e. The molecule has 2 aromatic heterocycles. The van der Waals surface area contributed by atoms with Crippen molar-refractivity contribution in [1.29, 1.82) is 0 Å². The third-order valence-electron chi connectivity index (χ3n) is 6.26. The molecule has 2 aromatic carbocycles. The van der Waals surface area contributed by atoms with E-state index >= 15 is 0 Å². The monoisotopic (exact) mass is 498 g/mol. The Hall–Kier alpha value is -4.04. The Morgan fingerprint density at radius 1 is 1.06 bits per heavy atom. The van der Waals surface area contributed by atoms with Crippen LogP contribution in [0.2, 0.25) is 0 Å². The van der Waals surface area contributed by atoms with Gasteiger partial charge in [-0.25, -0.2) is 14.5 Å². The van der Waals surface area contributed by atoms with Crippen LogP contribution in [0, 0.1) is 13.8 Å². The van der Waals surface area contributed by atoms with E-state index in [1.54, 1.807) is 18.4 Å². The van der Waals surface area contributed by atoms with Crippen LogP contribution in [-0.4, -0.2) is 26.9 Å². The summed E-state index contributed by atoms with van der Waals surface area (Å²) >= 11 is 1.31. The van der Waals surface area contributed by atoms with Gasteiger partial charge in [0.15, 0.2) is 4.80 Å². The Balaban J connectivity index is 1.70. The Bertz CT molecular complexity index is 1660. The minimum absolute atomic E-state index is 0.201. The highest BCUT2D eigenvalue weighted by molar-refractivity contribution is 7.07. The van der Waals surface area contributed by atoms with Crippen molar-refractivity contribution in [2.75, 3.05) is 6.61 Å². The molecule has 0 bridgehead atoms. The maximum Gasteiger partial charge on any atom is 0.338 e. The summed E-state index contributed by atoms with van der Waals surface area (Å²) in [6, 6.07) is 18.8. The van der Waals surface area contributed by atoms with Gasteiger partial charge in [-0.3, -0.25) is 9.36 Å². The van der Waals surface area contributed by atoms with E-state index in [1.165, 1.54) is 11.3 Å². The molecule has 0 aliphatic carbocycles. The maximum atomic E-state index is 13.8. The summed E-state index contributed by atoms with van der Waals surface area (Å²) in [7, 11) is 0. The number of nitrogens with zero attached hydrogens (tertiary/aromatic N) is 4. The number of fused-ring (bicyclic) bond motifs is 1. The van der Waals surface area contributed by atoms with Gasteiger partial charge in [0.25, 0.3) is 5.56 Å². The molecule has 8 heteroatoms. The molecule has 0 radical (unpaired) electrons. The highest BCUT2D eigenvalue weighted by atomic mass is 32.1. The Morgan fingerprint density at radius 3 is 2.39 bits per heavy atom. The van der Waals surface area contributed by atoms with Crippen LogP contribution in [0.15, 0.2) is 81.7 Å². The fraction of sp³-hybridized carbons (Fsp3) is 0.214. The van der Waals surface area contributed by atoms with Crippen LogP contribution in [0.5, 0.6) is 0 Å². The molecule has 1 aliphatic rings. The van der Waals surface area contributed by atoms with Gasteiger partial charge in [-0.15, -0.1) is 0 Å². The van der Waals surface area contributed by atoms with Crippen LogP contribution in [0.4, 0.5) is 0 Å². The second-order valence-electron chi connectivity index (χ2n) is 8.54. The predicted octanol–water partition coefficient (Wildman–Crippen LogP) is 3.60. The Morgan fingerprint density at radius 2 is 1.72 bits per heavy atom. The van der Waals surface area contributed by atoms with Gasteiger partial charge in [0.1, 0.15) is 0 Å². The molecule has 182 valence electrons. The highest BCUT2D eigenvalue weighted by Gasteiger charge is 2.33. The lowest BCUT2D eigenvalue weighted by molar-refractivity contribution is -0.139. The predicted molar refractivity (Wildman–Crippen MR) is 140 cm³/mol. The van der Waals surface area contributed by atoms with Crippen molar-refractivity contribution in [3.8, 4) is 5.69 Å².